The minimum atomic E-state index is -4.61. The first-order chi connectivity index (χ1) is 34.5. The summed E-state index contributed by atoms with van der Waals surface area (Å²) in [4.78, 5) is 25.5. The molecule has 3 unspecified atom stereocenters. The predicted molar refractivity (Wildman–Crippen MR) is 307 cm³/mol. The lowest BCUT2D eigenvalue weighted by Gasteiger charge is -2.29. The molecule has 0 rings (SSSR count). The fourth-order valence-corrected chi connectivity index (χ4v) is 9.97. The number of allylic oxidation sites excluding steroid dienone is 5. The number of hydrogen-bond acceptors (Lipinski definition) is 6. The lowest BCUT2D eigenvalue weighted by atomic mass is 10.0. The van der Waals surface area contributed by atoms with Gasteiger partial charge in [-0.2, -0.15) is 0 Å². The smallest absolute Gasteiger partial charge is 0.268 e. The van der Waals surface area contributed by atoms with Gasteiger partial charge >= 0.3 is 0 Å². The van der Waals surface area contributed by atoms with Gasteiger partial charge in [0.25, 0.3) is 7.82 Å². The van der Waals surface area contributed by atoms with Gasteiger partial charge in [-0.25, -0.2) is 0 Å². The fraction of sp³-hybridized carbons (Fsp3) is 0.887. The number of rotatable bonds is 57. The van der Waals surface area contributed by atoms with E-state index in [-0.39, 0.29) is 12.5 Å². The van der Waals surface area contributed by atoms with Gasteiger partial charge in [-0.3, -0.25) is 9.36 Å². The lowest BCUT2D eigenvalue weighted by Crippen LogP contribution is -2.45. The summed E-state index contributed by atoms with van der Waals surface area (Å²) in [5, 5.41) is 13.9. The van der Waals surface area contributed by atoms with Crippen molar-refractivity contribution in [3.8, 4) is 0 Å². The molecular weight excluding hydrogens is 900 g/mol. The van der Waals surface area contributed by atoms with Gasteiger partial charge in [0.2, 0.25) is 5.91 Å². The zero-order chi connectivity index (χ0) is 52.0. The molecule has 71 heavy (non-hydrogen) atoms. The van der Waals surface area contributed by atoms with Crippen molar-refractivity contribution in [3.05, 3.63) is 36.5 Å². The molecule has 0 fully saturated rings. The summed E-state index contributed by atoms with van der Waals surface area (Å²) in [6, 6.07) is -0.908. The third-order valence-corrected chi connectivity index (χ3v) is 15.0. The molecule has 0 aromatic rings. The summed E-state index contributed by atoms with van der Waals surface area (Å²) in [7, 11) is 1.25. The first-order valence-corrected chi connectivity index (χ1v) is 32.3. The maximum Gasteiger partial charge on any atom is 0.268 e. The van der Waals surface area contributed by atoms with E-state index in [1.54, 1.807) is 6.08 Å². The van der Waals surface area contributed by atoms with Gasteiger partial charge in [-0.1, -0.05) is 288 Å². The standard InChI is InChI=1S/C62H121N2O6P/c1-6-8-10-12-14-16-18-20-22-24-26-27-28-29-30-31-32-33-34-35-36-37-38-39-41-43-45-47-49-51-53-55-61(65)60(59-70-71(67,68)69-58-57-64(3,4)5)63-62(66)56-54-52-50-48-46-44-42-40-25-23-21-19-17-15-13-11-9-7-2/h38-39,45,47,53,55,60-61,65H,6-37,40-44,46,48-52,54,56-59H2,1-5H3,(H-,63,66,67,68)/b39-38+,47-45+,55-53+. The summed E-state index contributed by atoms with van der Waals surface area (Å²) in [6.45, 7) is 4.66. The van der Waals surface area contributed by atoms with E-state index in [1.807, 2.05) is 27.2 Å². The van der Waals surface area contributed by atoms with E-state index in [1.165, 1.54) is 238 Å². The Morgan fingerprint density at radius 1 is 0.479 bits per heavy atom. The SMILES string of the molecule is CCCCCCCCCCCCCCCCCCCCCCC/C=C/CC/C=C/CC/C=C/C(O)C(COP(=O)([O-])OCC[N+](C)(C)C)NC(=O)CCCCCCCCCCCCCCCCCCCC. The van der Waals surface area contributed by atoms with Crippen molar-refractivity contribution < 1.29 is 32.9 Å². The number of carbonyl (C=O) groups is 1. The van der Waals surface area contributed by atoms with E-state index in [0.717, 1.165) is 44.9 Å². The molecule has 0 saturated heterocycles. The summed E-state index contributed by atoms with van der Waals surface area (Å²) >= 11 is 0. The number of aliphatic hydroxyl groups is 1. The van der Waals surface area contributed by atoms with Crippen molar-refractivity contribution in [2.24, 2.45) is 0 Å². The Balaban J connectivity index is 4.17. The number of phosphoric ester groups is 1. The molecule has 420 valence electrons. The first kappa shape index (κ1) is 69.7. The highest BCUT2D eigenvalue weighted by molar-refractivity contribution is 7.45. The van der Waals surface area contributed by atoms with Crippen LogP contribution < -0.4 is 10.2 Å². The number of aliphatic hydroxyl groups excluding tert-OH is 1. The van der Waals surface area contributed by atoms with Crippen molar-refractivity contribution >= 4 is 13.7 Å². The molecule has 0 heterocycles. The van der Waals surface area contributed by atoms with Gasteiger partial charge in [0.05, 0.1) is 39.9 Å². The van der Waals surface area contributed by atoms with Crippen molar-refractivity contribution in [3.63, 3.8) is 0 Å². The molecule has 0 aromatic carbocycles. The highest BCUT2D eigenvalue weighted by atomic mass is 31.2. The highest BCUT2D eigenvalue weighted by Gasteiger charge is 2.23. The molecule has 0 bridgehead atoms. The number of nitrogens with zero attached hydrogens (tertiary/aromatic N) is 1. The summed E-state index contributed by atoms with van der Waals surface area (Å²) in [5.74, 6) is -0.206. The lowest BCUT2D eigenvalue weighted by molar-refractivity contribution is -0.870. The second-order valence-electron chi connectivity index (χ2n) is 22.4. The van der Waals surface area contributed by atoms with Crippen LogP contribution in [0.15, 0.2) is 36.5 Å². The van der Waals surface area contributed by atoms with Crippen molar-refractivity contribution in [2.75, 3.05) is 40.9 Å². The van der Waals surface area contributed by atoms with E-state index < -0.39 is 26.6 Å². The molecule has 1 amide bonds. The number of likely N-dealkylation sites (N-methyl/N-ethyl adjacent to an activating group) is 1. The molecule has 0 aliphatic rings. The Hall–Kier alpha value is -1.28. The Bertz CT molecular complexity index is 1250. The number of nitrogens with one attached hydrogen (secondary N) is 1. The van der Waals surface area contributed by atoms with Gasteiger partial charge in [0, 0.05) is 6.42 Å². The minimum absolute atomic E-state index is 0.00733. The zero-order valence-electron chi connectivity index (χ0n) is 47.9. The summed E-state index contributed by atoms with van der Waals surface area (Å²) < 4.78 is 23.3. The average Bonchev–Trinajstić information content (AvgIpc) is 3.33. The van der Waals surface area contributed by atoms with Crippen LogP contribution in [0.1, 0.15) is 303 Å². The number of carbonyl (C=O) groups excluding carboxylic acids is 1. The summed E-state index contributed by atoms with van der Waals surface area (Å²) in [6.07, 6.45) is 69.6. The van der Waals surface area contributed by atoms with Crippen LogP contribution in [-0.4, -0.2) is 68.5 Å². The van der Waals surface area contributed by atoms with Crippen LogP contribution >= 0.6 is 7.82 Å². The van der Waals surface area contributed by atoms with Crippen molar-refractivity contribution in [1.82, 2.24) is 5.32 Å². The van der Waals surface area contributed by atoms with Crippen molar-refractivity contribution in [2.45, 2.75) is 315 Å². The largest absolute Gasteiger partial charge is 0.756 e. The topological polar surface area (TPSA) is 108 Å². The maximum atomic E-state index is 13.0. The van der Waals surface area contributed by atoms with E-state index in [4.69, 9.17) is 9.05 Å². The van der Waals surface area contributed by atoms with Crippen molar-refractivity contribution in [1.29, 1.82) is 0 Å². The first-order valence-electron chi connectivity index (χ1n) is 30.9. The van der Waals surface area contributed by atoms with Crippen LogP contribution in [0.3, 0.4) is 0 Å². The molecule has 0 aliphatic carbocycles. The molecule has 2 N–H and O–H groups in total. The minimum Gasteiger partial charge on any atom is -0.756 e. The Kier molecular flexibility index (Phi) is 52.6. The summed E-state index contributed by atoms with van der Waals surface area (Å²) in [5.41, 5.74) is 0. The van der Waals surface area contributed by atoms with E-state index in [0.29, 0.717) is 17.4 Å². The number of phosphoric acid groups is 1. The molecule has 8 nitrogen and oxygen atoms in total. The van der Waals surface area contributed by atoms with E-state index >= 15 is 0 Å². The van der Waals surface area contributed by atoms with Crippen LogP contribution in [0.2, 0.25) is 0 Å². The van der Waals surface area contributed by atoms with Crippen LogP contribution in [0.5, 0.6) is 0 Å². The van der Waals surface area contributed by atoms with Gasteiger partial charge in [-0.15, -0.1) is 0 Å². The zero-order valence-corrected chi connectivity index (χ0v) is 48.8. The molecular formula is C62H121N2O6P. The molecule has 3 atom stereocenters. The number of unbranched alkanes of at least 4 members (excludes halogenated alkanes) is 40. The van der Waals surface area contributed by atoms with Gasteiger partial charge in [0.15, 0.2) is 0 Å². The molecule has 0 saturated carbocycles. The van der Waals surface area contributed by atoms with Crippen LogP contribution in [0.25, 0.3) is 0 Å². The van der Waals surface area contributed by atoms with Gasteiger partial charge in [-0.05, 0) is 44.9 Å². The second kappa shape index (κ2) is 53.5. The molecule has 0 radical (unpaired) electrons. The van der Waals surface area contributed by atoms with E-state index in [9.17, 15) is 19.4 Å². The fourth-order valence-electron chi connectivity index (χ4n) is 9.25. The monoisotopic (exact) mass is 1020 g/mol. The van der Waals surface area contributed by atoms with E-state index in [2.05, 4.69) is 43.5 Å². The second-order valence-corrected chi connectivity index (χ2v) is 23.8. The molecule has 0 aromatic heterocycles. The van der Waals surface area contributed by atoms with Crippen LogP contribution in [0, 0.1) is 0 Å². The maximum absolute atomic E-state index is 13.0. The number of hydrogen-bond donors (Lipinski definition) is 2. The Morgan fingerprint density at radius 2 is 0.789 bits per heavy atom. The third-order valence-electron chi connectivity index (χ3n) is 14.1. The van der Waals surface area contributed by atoms with Gasteiger partial charge < -0.3 is 28.8 Å². The number of quaternary nitrogens is 1. The van der Waals surface area contributed by atoms with Crippen LogP contribution in [0.4, 0.5) is 0 Å². The van der Waals surface area contributed by atoms with Crippen LogP contribution in [-0.2, 0) is 18.4 Å². The quantitative estimate of drug-likeness (QED) is 0.0272. The van der Waals surface area contributed by atoms with Gasteiger partial charge in [0.1, 0.15) is 13.2 Å². The third kappa shape index (κ3) is 56.3. The molecule has 0 spiro atoms. The predicted octanol–water partition coefficient (Wildman–Crippen LogP) is 18.3. The molecule has 9 heteroatoms. The normalized spacial score (nSPS) is 14.1. The highest BCUT2D eigenvalue weighted by Crippen LogP contribution is 2.38. The number of amides is 1. The molecule has 0 aliphatic heterocycles. The Labute approximate surface area is 442 Å². The Morgan fingerprint density at radius 3 is 1.14 bits per heavy atom. The average molecular weight is 1020 g/mol.